The van der Waals surface area contributed by atoms with Gasteiger partial charge in [-0.15, -0.1) is 0 Å². The van der Waals surface area contributed by atoms with E-state index in [1.807, 2.05) is 0 Å². The first-order valence-electron chi connectivity index (χ1n) is 4.42. The van der Waals surface area contributed by atoms with Crippen LogP contribution in [0.15, 0.2) is 24.5 Å². The predicted molar refractivity (Wildman–Crippen MR) is 52.6 cm³/mol. The highest BCUT2D eigenvalue weighted by atomic mass is 16.4. The Balaban J connectivity index is 3.20. The molecule has 0 aromatic carbocycles. The molecule has 0 spiro atoms. The highest BCUT2D eigenvalue weighted by Crippen LogP contribution is 2.26. The number of carboxylic acid groups (broad SMARTS) is 1. The fourth-order valence-corrected chi connectivity index (χ4v) is 1.31. The maximum Gasteiger partial charge on any atom is 0.328 e. The monoisotopic (exact) mass is 194 g/mol. The van der Waals surface area contributed by atoms with Crippen molar-refractivity contribution in [2.24, 2.45) is 11.7 Å². The molecule has 0 radical (unpaired) electrons. The van der Waals surface area contributed by atoms with Gasteiger partial charge in [0.1, 0.15) is 5.54 Å². The number of aromatic nitrogens is 1. The first-order chi connectivity index (χ1) is 6.49. The smallest absolute Gasteiger partial charge is 0.328 e. The van der Waals surface area contributed by atoms with Crippen LogP contribution in [0.4, 0.5) is 0 Å². The topological polar surface area (TPSA) is 76.2 Å². The zero-order chi connectivity index (χ0) is 10.8. The van der Waals surface area contributed by atoms with Gasteiger partial charge in [-0.05, 0) is 12.0 Å². The molecule has 0 saturated heterocycles. The molecule has 0 aliphatic carbocycles. The standard InChI is InChI=1S/C10H14N2O2/c1-7(2)10(11,9(13)14)8-4-3-5-12-6-8/h3-7H,11H2,1-2H3,(H,13,14). The number of nitrogens with zero attached hydrogens (tertiary/aromatic N) is 1. The summed E-state index contributed by atoms with van der Waals surface area (Å²) in [6, 6.07) is 3.36. The van der Waals surface area contributed by atoms with Crippen molar-refractivity contribution in [1.82, 2.24) is 4.98 Å². The molecule has 3 N–H and O–H groups in total. The summed E-state index contributed by atoms with van der Waals surface area (Å²) >= 11 is 0. The van der Waals surface area contributed by atoms with Crippen LogP contribution in [0.2, 0.25) is 0 Å². The molecular weight excluding hydrogens is 180 g/mol. The maximum absolute atomic E-state index is 11.1. The zero-order valence-electron chi connectivity index (χ0n) is 8.27. The third kappa shape index (κ3) is 1.61. The highest BCUT2D eigenvalue weighted by molar-refractivity contribution is 5.80. The van der Waals surface area contributed by atoms with E-state index in [2.05, 4.69) is 4.98 Å². The Kier molecular flexibility index (Phi) is 2.86. The second kappa shape index (κ2) is 3.75. The van der Waals surface area contributed by atoms with E-state index in [0.717, 1.165) is 0 Å². The lowest BCUT2D eigenvalue weighted by atomic mass is 9.82. The van der Waals surface area contributed by atoms with E-state index >= 15 is 0 Å². The van der Waals surface area contributed by atoms with Gasteiger partial charge < -0.3 is 10.8 Å². The fraction of sp³-hybridized carbons (Fsp3) is 0.400. The Hall–Kier alpha value is -1.42. The molecule has 4 heteroatoms. The lowest BCUT2D eigenvalue weighted by Crippen LogP contribution is -2.49. The molecule has 0 saturated carbocycles. The summed E-state index contributed by atoms with van der Waals surface area (Å²) < 4.78 is 0. The summed E-state index contributed by atoms with van der Waals surface area (Å²) in [6.07, 6.45) is 3.08. The van der Waals surface area contributed by atoms with Crippen molar-refractivity contribution < 1.29 is 9.90 Å². The van der Waals surface area contributed by atoms with Gasteiger partial charge in [-0.3, -0.25) is 4.98 Å². The Morgan fingerprint density at radius 3 is 2.64 bits per heavy atom. The summed E-state index contributed by atoms with van der Waals surface area (Å²) in [5.74, 6) is -1.22. The van der Waals surface area contributed by atoms with Gasteiger partial charge in [0.05, 0.1) is 0 Å². The molecule has 4 nitrogen and oxygen atoms in total. The normalized spacial score (nSPS) is 15.1. The van der Waals surface area contributed by atoms with Crippen LogP contribution in [-0.4, -0.2) is 16.1 Å². The van der Waals surface area contributed by atoms with Crippen LogP contribution in [0.5, 0.6) is 0 Å². The van der Waals surface area contributed by atoms with E-state index in [0.29, 0.717) is 5.56 Å². The van der Waals surface area contributed by atoms with Crippen LogP contribution in [0.1, 0.15) is 19.4 Å². The van der Waals surface area contributed by atoms with Crippen molar-refractivity contribution in [3.8, 4) is 0 Å². The Morgan fingerprint density at radius 2 is 2.29 bits per heavy atom. The molecule has 1 unspecified atom stereocenters. The van der Waals surface area contributed by atoms with Gasteiger partial charge in [-0.25, -0.2) is 4.79 Å². The lowest BCUT2D eigenvalue weighted by Gasteiger charge is -2.28. The maximum atomic E-state index is 11.1. The van der Waals surface area contributed by atoms with Gasteiger partial charge in [-0.2, -0.15) is 0 Å². The van der Waals surface area contributed by atoms with Crippen molar-refractivity contribution >= 4 is 5.97 Å². The number of carbonyl (C=O) groups is 1. The second-order valence-electron chi connectivity index (χ2n) is 3.57. The molecule has 1 aromatic heterocycles. The van der Waals surface area contributed by atoms with Gasteiger partial charge in [0.25, 0.3) is 0 Å². The van der Waals surface area contributed by atoms with Crippen LogP contribution >= 0.6 is 0 Å². The van der Waals surface area contributed by atoms with Gasteiger partial charge in [0.15, 0.2) is 0 Å². The highest BCUT2D eigenvalue weighted by Gasteiger charge is 2.39. The van der Waals surface area contributed by atoms with Crippen molar-refractivity contribution in [3.05, 3.63) is 30.1 Å². The molecule has 0 fully saturated rings. The third-order valence-electron chi connectivity index (χ3n) is 2.40. The van der Waals surface area contributed by atoms with E-state index in [1.165, 1.54) is 6.20 Å². The zero-order valence-corrected chi connectivity index (χ0v) is 8.27. The molecule has 0 amide bonds. The molecule has 0 bridgehead atoms. The number of nitrogens with two attached hydrogens (primary N) is 1. The summed E-state index contributed by atoms with van der Waals surface area (Å²) in [5, 5.41) is 9.10. The average Bonchev–Trinajstić information content (AvgIpc) is 2.17. The van der Waals surface area contributed by atoms with Crippen LogP contribution in [0, 0.1) is 5.92 Å². The van der Waals surface area contributed by atoms with E-state index in [-0.39, 0.29) is 5.92 Å². The summed E-state index contributed by atoms with van der Waals surface area (Å²) in [5.41, 5.74) is 5.04. The minimum atomic E-state index is -1.35. The molecule has 1 rings (SSSR count). The fourth-order valence-electron chi connectivity index (χ4n) is 1.31. The summed E-state index contributed by atoms with van der Waals surface area (Å²) in [7, 11) is 0. The average molecular weight is 194 g/mol. The number of hydrogen-bond acceptors (Lipinski definition) is 3. The van der Waals surface area contributed by atoms with Crippen molar-refractivity contribution in [2.75, 3.05) is 0 Å². The van der Waals surface area contributed by atoms with Crippen LogP contribution in [-0.2, 0) is 10.3 Å². The number of hydrogen-bond donors (Lipinski definition) is 2. The predicted octanol–water partition coefficient (Wildman–Crippen LogP) is 0.976. The lowest BCUT2D eigenvalue weighted by molar-refractivity contribution is -0.145. The largest absolute Gasteiger partial charge is 0.480 e. The molecule has 0 aliphatic heterocycles. The number of carboxylic acids is 1. The Bertz CT molecular complexity index is 324. The van der Waals surface area contributed by atoms with Gasteiger partial charge in [0.2, 0.25) is 0 Å². The van der Waals surface area contributed by atoms with E-state index in [4.69, 9.17) is 10.8 Å². The molecule has 14 heavy (non-hydrogen) atoms. The molecule has 76 valence electrons. The SMILES string of the molecule is CC(C)C(N)(C(=O)O)c1cccnc1. The minimum Gasteiger partial charge on any atom is -0.480 e. The van der Waals surface area contributed by atoms with Crippen molar-refractivity contribution in [1.29, 1.82) is 0 Å². The van der Waals surface area contributed by atoms with E-state index in [9.17, 15) is 4.79 Å². The van der Waals surface area contributed by atoms with Crippen molar-refractivity contribution in [3.63, 3.8) is 0 Å². The minimum absolute atomic E-state index is 0.191. The van der Waals surface area contributed by atoms with Crippen LogP contribution in [0.3, 0.4) is 0 Å². The summed E-state index contributed by atoms with van der Waals surface area (Å²) in [6.45, 7) is 3.56. The van der Waals surface area contributed by atoms with Gasteiger partial charge in [0, 0.05) is 18.0 Å². The molecule has 1 atom stereocenters. The Labute approximate surface area is 82.8 Å². The van der Waals surface area contributed by atoms with Crippen molar-refractivity contribution in [2.45, 2.75) is 19.4 Å². The first-order valence-corrected chi connectivity index (χ1v) is 4.42. The van der Waals surface area contributed by atoms with Gasteiger partial charge in [-0.1, -0.05) is 19.9 Å². The molecule has 0 aliphatic rings. The van der Waals surface area contributed by atoms with E-state index < -0.39 is 11.5 Å². The third-order valence-corrected chi connectivity index (χ3v) is 2.40. The Morgan fingerprint density at radius 1 is 1.64 bits per heavy atom. The summed E-state index contributed by atoms with van der Waals surface area (Å²) in [4.78, 5) is 15.0. The number of pyridine rings is 1. The van der Waals surface area contributed by atoms with Crippen LogP contribution < -0.4 is 5.73 Å². The molecule has 1 aromatic rings. The molecular formula is C10H14N2O2. The first kappa shape index (κ1) is 10.7. The molecule has 1 heterocycles. The number of aliphatic carboxylic acids is 1. The van der Waals surface area contributed by atoms with Crippen LogP contribution in [0.25, 0.3) is 0 Å². The quantitative estimate of drug-likeness (QED) is 0.751. The second-order valence-corrected chi connectivity index (χ2v) is 3.57. The van der Waals surface area contributed by atoms with Gasteiger partial charge >= 0.3 is 5.97 Å². The van der Waals surface area contributed by atoms with E-state index in [1.54, 1.807) is 32.2 Å². The number of rotatable bonds is 3.